The van der Waals surface area contributed by atoms with Gasteiger partial charge in [0.25, 0.3) is 0 Å². The molecule has 0 radical (unpaired) electrons. The van der Waals surface area contributed by atoms with Crippen molar-refractivity contribution in [3.8, 4) is 11.1 Å². The van der Waals surface area contributed by atoms with Crippen molar-refractivity contribution in [3.05, 3.63) is 54.1 Å². The zero-order valence-electron chi connectivity index (χ0n) is 8.05. The molecule has 0 bridgehead atoms. The summed E-state index contributed by atoms with van der Waals surface area (Å²) in [5, 5.41) is 0. The smallest absolute Gasteiger partial charge is 0.151 e. The Bertz CT molecular complexity index is 477. The summed E-state index contributed by atoms with van der Waals surface area (Å²) >= 11 is 4.21. The highest BCUT2D eigenvalue weighted by molar-refractivity contribution is 7.80. The first-order valence-corrected chi connectivity index (χ1v) is 5.09. The standard InChI is InChI=1S/C13H10OS/c14-9-12-8-11(6-7-13(12)15)10-4-2-1-3-5-10/h1-9,15H. The number of carbonyl (C=O) groups excluding carboxylic acids is 1. The molecule has 74 valence electrons. The lowest BCUT2D eigenvalue weighted by Crippen LogP contribution is -1.85. The molecule has 15 heavy (non-hydrogen) atoms. The second kappa shape index (κ2) is 4.32. The first-order chi connectivity index (χ1) is 7.31. The van der Waals surface area contributed by atoms with Crippen molar-refractivity contribution in [2.45, 2.75) is 4.90 Å². The van der Waals surface area contributed by atoms with E-state index in [9.17, 15) is 4.79 Å². The molecule has 2 heteroatoms. The van der Waals surface area contributed by atoms with Crippen molar-refractivity contribution in [2.75, 3.05) is 0 Å². The van der Waals surface area contributed by atoms with E-state index in [1.807, 2.05) is 48.5 Å². The Morgan fingerprint density at radius 1 is 0.933 bits per heavy atom. The van der Waals surface area contributed by atoms with E-state index in [2.05, 4.69) is 12.6 Å². The predicted octanol–water partition coefficient (Wildman–Crippen LogP) is 3.45. The van der Waals surface area contributed by atoms with Crippen LogP contribution < -0.4 is 0 Å². The molecule has 0 unspecified atom stereocenters. The van der Waals surface area contributed by atoms with Gasteiger partial charge < -0.3 is 0 Å². The third-order valence-electron chi connectivity index (χ3n) is 2.26. The largest absolute Gasteiger partial charge is 0.298 e. The summed E-state index contributed by atoms with van der Waals surface area (Å²) in [5.74, 6) is 0. The lowest BCUT2D eigenvalue weighted by Gasteiger charge is -2.03. The Kier molecular flexibility index (Phi) is 2.88. The second-order valence-electron chi connectivity index (χ2n) is 3.26. The quantitative estimate of drug-likeness (QED) is 0.598. The number of rotatable bonds is 2. The fraction of sp³-hybridized carbons (Fsp3) is 0. The summed E-state index contributed by atoms with van der Waals surface area (Å²) in [4.78, 5) is 11.5. The van der Waals surface area contributed by atoms with Gasteiger partial charge in [0.2, 0.25) is 0 Å². The van der Waals surface area contributed by atoms with Gasteiger partial charge in [0, 0.05) is 10.5 Å². The topological polar surface area (TPSA) is 17.1 Å². The molecule has 0 fully saturated rings. The molecule has 0 heterocycles. The molecule has 0 saturated carbocycles. The molecule has 2 aromatic rings. The van der Waals surface area contributed by atoms with Crippen LogP contribution in [-0.4, -0.2) is 6.29 Å². The minimum absolute atomic E-state index is 0.625. The summed E-state index contributed by atoms with van der Waals surface area (Å²) in [5.41, 5.74) is 2.77. The van der Waals surface area contributed by atoms with Gasteiger partial charge in [-0.2, -0.15) is 0 Å². The number of aldehydes is 1. The van der Waals surface area contributed by atoms with Crippen molar-refractivity contribution in [1.82, 2.24) is 0 Å². The number of benzene rings is 2. The van der Waals surface area contributed by atoms with Crippen molar-refractivity contribution in [2.24, 2.45) is 0 Å². The highest BCUT2D eigenvalue weighted by Gasteiger charge is 2.01. The molecule has 0 aliphatic heterocycles. The van der Waals surface area contributed by atoms with Gasteiger partial charge in [-0.05, 0) is 23.3 Å². The molecule has 0 atom stereocenters. The van der Waals surface area contributed by atoms with Crippen LogP contribution in [0.15, 0.2) is 53.4 Å². The Morgan fingerprint density at radius 2 is 1.67 bits per heavy atom. The average molecular weight is 214 g/mol. The number of hydrogen-bond donors (Lipinski definition) is 1. The van der Waals surface area contributed by atoms with Crippen LogP contribution in [0.1, 0.15) is 10.4 Å². The summed E-state index contributed by atoms with van der Waals surface area (Å²) in [6.07, 6.45) is 0.828. The van der Waals surface area contributed by atoms with E-state index < -0.39 is 0 Å². The average Bonchev–Trinajstić information content (AvgIpc) is 2.31. The molecular formula is C13H10OS. The molecule has 2 aromatic carbocycles. The third kappa shape index (κ3) is 2.10. The Morgan fingerprint density at radius 3 is 2.33 bits per heavy atom. The van der Waals surface area contributed by atoms with E-state index in [4.69, 9.17) is 0 Å². The Labute approximate surface area is 94.2 Å². The van der Waals surface area contributed by atoms with E-state index in [1.54, 1.807) is 0 Å². The van der Waals surface area contributed by atoms with Gasteiger partial charge in [-0.25, -0.2) is 0 Å². The number of carbonyl (C=O) groups is 1. The van der Waals surface area contributed by atoms with Crippen LogP contribution in [0.5, 0.6) is 0 Å². The van der Waals surface area contributed by atoms with Gasteiger partial charge >= 0.3 is 0 Å². The molecule has 0 aliphatic carbocycles. The van der Waals surface area contributed by atoms with Crippen molar-refractivity contribution in [1.29, 1.82) is 0 Å². The fourth-order valence-corrected chi connectivity index (χ4v) is 1.65. The van der Waals surface area contributed by atoms with E-state index >= 15 is 0 Å². The summed E-state index contributed by atoms with van der Waals surface area (Å²) in [6.45, 7) is 0. The van der Waals surface area contributed by atoms with Gasteiger partial charge in [-0.3, -0.25) is 4.79 Å². The molecule has 0 N–H and O–H groups in total. The maximum atomic E-state index is 10.8. The normalized spacial score (nSPS) is 9.93. The van der Waals surface area contributed by atoms with Gasteiger partial charge in [0.1, 0.15) is 0 Å². The minimum atomic E-state index is 0.625. The van der Waals surface area contributed by atoms with Gasteiger partial charge in [-0.15, -0.1) is 12.6 Å². The van der Waals surface area contributed by atoms with Crippen LogP contribution in [-0.2, 0) is 0 Å². The molecular weight excluding hydrogens is 204 g/mol. The Hall–Kier alpha value is -1.54. The first kappa shape index (κ1) is 9.99. The summed E-state index contributed by atoms with van der Waals surface area (Å²) in [6, 6.07) is 15.6. The maximum absolute atomic E-state index is 10.8. The molecule has 1 nitrogen and oxygen atoms in total. The Balaban J connectivity index is 2.51. The van der Waals surface area contributed by atoms with Crippen LogP contribution in [0, 0.1) is 0 Å². The zero-order valence-corrected chi connectivity index (χ0v) is 8.95. The van der Waals surface area contributed by atoms with Crippen LogP contribution >= 0.6 is 12.6 Å². The summed E-state index contributed by atoms with van der Waals surface area (Å²) < 4.78 is 0. The first-order valence-electron chi connectivity index (χ1n) is 4.65. The maximum Gasteiger partial charge on any atom is 0.151 e. The van der Waals surface area contributed by atoms with Crippen molar-refractivity contribution in [3.63, 3.8) is 0 Å². The number of thiol groups is 1. The van der Waals surface area contributed by atoms with E-state index in [0.717, 1.165) is 17.4 Å². The molecule has 2 rings (SSSR count). The lowest BCUT2D eigenvalue weighted by atomic mass is 10.0. The zero-order chi connectivity index (χ0) is 10.7. The SMILES string of the molecule is O=Cc1cc(-c2ccccc2)ccc1S. The molecule has 0 aliphatic rings. The van der Waals surface area contributed by atoms with Crippen LogP contribution in [0.2, 0.25) is 0 Å². The minimum Gasteiger partial charge on any atom is -0.298 e. The molecule has 0 aromatic heterocycles. The van der Waals surface area contributed by atoms with Crippen molar-refractivity contribution < 1.29 is 4.79 Å². The highest BCUT2D eigenvalue weighted by atomic mass is 32.1. The summed E-state index contributed by atoms with van der Waals surface area (Å²) in [7, 11) is 0. The van der Waals surface area contributed by atoms with Crippen LogP contribution in [0.3, 0.4) is 0 Å². The number of hydrogen-bond acceptors (Lipinski definition) is 2. The van der Waals surface area contributed by atoms with Crippen LogP contribution in [0.25, 0.3) is 11.1 Å². The van der Waals surface area contributed by atoms with E-state index in [-0.39, 0.29) is 0 Å². The van der Waals surface area contributed by atoms with E-state index in [1.165, 1.54) is 0 Å². The predicted molar refractivity (Wildman–Crippen MR) is 64.5 cm³/mol. The van der Waals surface area contributed by atoms with Crippen molar-refractivity contribution >= 4 is 18.9 Å². The van der Waals surface area contributed by atoms with Gasteiger partial charge in [0.05, 0.1) is 0 Å². The van der Waals surface area contributed by atoms with Crippen LogP contribution in [0.4, 0.5) is 0 Å². The molecule has 0 amide bonds. The van der Waals surface area contributed by atoms with E-state index in [0.29, 0.717) is 10.5 Å². The van der Waals surface area contributed by atoms with Gasteiger partial charge in [0.15, 0.2) is 6.29 Å². The molecule has 0 spiro atoms. The highest BCUT2D eigenvalue weighted by Crippen LogP contribution is 2.23. The third-order valence-corrected chi connectivity index (χ3v) is 2.67. The second-order valence-corrected chi connectivity index (χ2v) is 3.74. The fourth-order valence-electron chi connectivity index (χ4n) is 1.46. The lowest BCUT2D eigenvalue weighted by molar-refractivity contribution is 0.112. The van der Waals surface area contributed by atoms with Gasteiger partial charge in [-0.1, -0.05) is 36.4 Å². The monoisotopic (exact) mass is 214 g/mol. The molecule has 0 saturated heterocycles.